The van der Waals surface area contributed by atoms with Crippen LogP contribution in [0.3, 0.4) is 0 Å². The van der Waals surface area contributed by atoms with Crippen LogP contribution < -0.4 is 19.7 Å². The van der Waals surface area contributed by atoms with Gasteiger partial charge in [-0.2, -0.15) is 0 Å². The Balaban J connectivity index is 1.27. The van der Waals surface area contributed by atoms with Crippen LogP contribution in [0.15, 0.2) is 36.8 Å². The van der Waals surface area contributed by atoms with Gasteiger partial charge in [0.25, 0.3) is 5.91 Å². The lowest BCUT2D eigenvalue weighted by molar-refractivity contribution is 0.0944. The molecule has 0 saturated carbocycles. The molecule has 1 fully saturated rings. The van der Waals surface area contributed by atoms with Crippen molar-refractivity contribution in [2.45, 2.75) is 12.8 Å². The van der Waals surface area contributed by atoms with E-state index in [1.54, 1.807) is 36.8 Å². The number of hydrogen-bond acceptors (Lipinski definition) is 6. The number of aromatic nitrogens is 2. The van der Waals surface area contributed by atoms with Gasteiger partial charge in [0.2, 0.25) is 6.79 Å². The Kier molecular flexibility index (Phi) is 4.37. The summed E-state index contributed by atoms with van der Waals surface area (Å²) in [6.45, 7) is 2.76. The van der Waals surface area contributed by atoms with E-state index in [0.717, 1.165) is 31.7 Å². The number of nitrogens with zero attached hydrogens (tertiary/aromatic N) is 3. The van der Waals surface area contributed by atoms with E-state index < -0.39 is 0 Å². The molecule has 1 aromatic carbocycles. The molecule has 1 saturated heterocycles. The molecule has 0 radical (unpaired) electrons. The fraction of sp³-hybridized carbons (Fsp3) is 0.389. The van der Waals surface area contributed by atoms with E-state index in [0.29, 0.717) is 29.5 Å². The lowest BCUT2D eigenvalue weighted by atomic mass is 9.96. The highest BCUT2D eigenvalue weighted by atomic mass is 16.7. The number of hydrogen-bond donors (Lipinski definition) is 1. The van der Waals surface area contributed by atoms with Crippen LogP contribution in [-0.2, 0) is 0 Å². The van der Waals surface area contributed by atoms with Crippen LogP contribution in [0.4, 0.5) is 5.82 Å². The maximum Gasteiger partial charge on any atom is 0.251 e. The maximum absolute atomic E-state index is 12.3. The van der Waals surface area contributed by atoms with Gasteiger partial charge in [-0.15, -0.1) is 0 Å². The first kappa shape index (κ1) is 15.7. The van der Waals surface area contributed by atoms with Gasteiger partial charge in [0.1, 0.15) is 5.82 Å². The molecule has 0 bridgehead atoms. The van der Waals surface area contributed by atoms with Crippen molar-refractivity contribution in [3.63, 3.8) is 0 Å². The number of ether oxygens (including phenoxy) is 2. The number of rotatable bonds is 4. The Hall–Kier alpha value is -2.83. The number of carbonyl (C=O) groups is 1. The van der Waals surface area contributed by atoms with E-state index in [1.807, 2.05) is 0 Å². The first-order chi connectivity index (χ1) is 12.3. The molecular weight excluding hydrogens is 320 g/mol. The van der Waals surface area contributed by atoms with Gasteiger partial charge in [0, 0.05) is 37.6 Å². The molecule has 7 heteroatoms. The predicted octanol–water partition coefficient (Wildman–Crippen LogP) is 1.85. The first-order valence-corrected chi connectivity index (χ1v) is 8.48. The zero-order chi connectivity index (χ0) is 17.1. The smallest absolute Gasteiger partial charge is 0.251 e. The average molecular weight is 340 g/mol. The van der Waals surface area contributed by atoms with Gasteiger partial charge in [-0.3, -0.25) is 9.78 Å². The predicted molar refractivity (Wildman–Crippen MR) is 91.9 cm³/mol. The molecule has 0 spiro atoms. The summed E-state index contributed by atoms with van der Waals surface area (Å²) in [4.78, 5) is 23.0. The van der Waals surface area contributed by atoms with Crippen LogP contribution >= 0.6 is 0 Å². The third kappa shape index (κ3) is 3.50. The Labute approximate surface area is 146 Å². The topological polar surface area (TPSA) is 76.6 Å². The van der Waals surface area contributed by atoms with Crippen molar-refractivity contribution in [1.29, 1.82) is 0 Å². The van der Waals surface area contributed by atoms with E-state index in [9.17, 15) is 4.79 Å². The lowest BCUT2D eigenvalue weighted by Crippen LogP contribution is -2.39. The molecule has 4 rings (SSSR count). The Morgan fingerprint density at radius 2 is 2.04 bits per heavy atom. The Morgan fingerprint density at radius 1 is 1.20 bits per heavy atom. The standard InChI is InChI=1S/C18H20N4O3/c23-18(14-1-2-15-16(9-14)25-12-24-15)21-10-13-3-7-22(8-4-13)17-11-19-5-6-20-17/h1-2,5-6,9,11,13H,3-4,7-8,10,12H2,(H,21,23). The zero-order valence-corrected chi connectivity index (χ0v) is 13.9. The minimum Gasteiger partial charge on any atom is -0.454 e. The quantitative estimate of drug-likeness (QED) is 0.915. The molecule has 1 aromatic heterocycles. The van der Waals surface area contributed by atoms with E-state index >= 15 is 0 Å². The summed E-state index contributed by atoms with van der Waals surface area (Å²) in [5.41, 5.74) is 0.598. The largest absolute Gasteiger partial charge is 0.454 e. The van der Waals surface area contributed by atoms with E-state index in [1.165, 1.54) is 0 Å². The van der Waals surface area contributed by atoms with Gasteiger partial charge in [-0.1, -0.05) is 0 Å². The molecule has 1 N–H and O–H groups in total. The second-order valence-corrected chi connectivity index (χ2v) is 6.27. The Morgan fingerprint density at radius 3 is 2.84 bits per heavy atom. The number of benzene rings is 1. The molecule has 0 unspecified atom stereocenters. The van der Waals surface area contributed by atoms with Crippen molar-refractivity contribution < 1.29 is 14.3 Å². The number of piperidine rings is 1. The molecule has 130 valence electrons. The van der Waals surface area contributed by atoms with Crippen molar-refractivity contribution in [3.05, 3.63) is 42.4 Å². The second-order valence-electron chi connectivity index (χ2n) is 6.27. The summed E-state index contributed by atoms with van der Waals surface area (Å²) >= 11 is 0. The molecular formula is C18H20N4O3. The third-order valence-corrected chi connectivity index (χ3v) is 4.67. The number of carbonyl (C=O) groups excluding carboxylic acids is 1. The second kappa shape index (κ2) is 6.96. The first-order valence-electron chi connectivity index (χ1n) is 8.48. The molecule has 25 heavy (non-hydrogen) atoms. The fourth-order valence-electron chi connectivity index (χ4n) is 3.20. The number of fused-ring (bicyclic) bond motifs is 1. The van der Waals surface area contributed by atoms with Crippen molar-refractivity contribution >= 4 is 11.7 Å². The van der Waals surface area contributed by atoms with Crippen LogP contribution in [0.25, 0.3) is 0 Å². The molecule has 2 aromatic rings. The third-order valence-electron chi connectivity index (χ3n) is 4.67. The van der Waals surface area contributed by atoms with E-state index in [-0.39, 0.29) is 12.7 Å². The number of nitrogens with one attached hydrogen (secondary N) is 1. The maximum atomic E-state index is 12.3. The van der Waals surface area contributed by atoms with Gasteiger partial charge in [-0.05, 0) is 37.0 Å². The highest BCUT2D eigenvalue weighted by Gasteiger charge is 2.21. The SMILES string of the molecule is O=C(NCC1CCN(c2cnccn2)CC1)c1ccc2c(c1)OCO2. The normalized spacial score (nSPS) is 16.7. The molecule has 7 nitrogen and oxygen atoms in total. The monoisotopic (exact) mass is 340 g/mol. The molecule has 2 aliphatic rings. The van der Waals surface area contributed by atoms with Crippen molar-refractivity contribution in [2.75, 3.05) is 31.3 Å². The molecule has 0 aliphatic carbocycles. The minimum atomic E-state index is -0.0744. The van der Waals surface area contributed by atoms with E-state index in [4.69, 9.17) is 9.47 Å². The highest BCUT2D eigenvalue weighted by Crippen LogP contribution is 2.32. The van der Waals surface area contributed by atoms with Crippen molar-refractivity contribution in [3.8, 4) is 11.5 Å². The minimum absolute atomic E-state index is 0.0744. The van der Waals surface area contributed by atoms with Crippen LogP contribution in [0.1, 0.15) is 23.2 Å². The van der Waals surface area contributed by atoms with Crippen molar-refractivity contribution in [2.24, 2.45) is 5.92 Å². The van der Waals surface area contributed by atoms with Gasteiger partial charge in [-0.25, -0.2) is 4.98 Å². The van der Waals surface area contributed by atoms with Gasteiger partial charge in [0.05, 0.1) is 6.20 Å². The highest BCUT2D eigenvalue weighted by molar-refractivity contribution is 5.94. The summed E-state index contributed by atoms with van der Waals surface area (Å²) < 4.78 is 10.6. The van der Waals surface area contributed by atoms with Crippen LogP contribution in [0.2, 0.25) is 0 Å². The molecule has 3 heterocycles. The van der Waals surface area contributed by atoms with Gasteiger partial charge >= 0.3 is 0 Å². The Bertz CT molecular complexity index is 745. The van der Waals surface area contributed by atoms with Crippen LogP contribution in [-0.4, -0.2) is 42.3 Å². The van der Waals surface area contributed by atoms with Gasteiger partial charge in [0.15, 0.2) is 11.5 Å². The van der Waals surface area contributed by atoms with Crippen LogP contribution in [0, 0.1) is 5.92 Å². The summed E-state index contributed by atoms with van der Waals surface area (Å²) in [5.74, 6) is 2.64. The summed E-state index contributed by atoms with van der Waals surface area (Å²) in [7, 11) is 0. The molecule has 2 aliphatic heterocycles. The summed E-state index contributed by atoms with van der Waals surface area (Å²) in [6.07, 6.45) is 7.24. The summed E-state index contributed by atoms with van der Waals surface area (Å²) in [5, 5.41) is 3.03. The number of anilines is 1. The lowest BCUT2D eigenvalue weighted by Gasteiger charge is -2.32. The van der Waals surface area contributed by atoms with Crippen LogP contribution in [0.5, 0.6) is 11.5 Å². The fourth-order valence-corrected chi connectivity index (χ4v) is 3.20. The molecule has 0 atom stereocenters. The average Bonchev–Trinajstić information content (AvgIpc) is 3.15. The van der Waals surface area contributed by atoms with Gasteiger partial charge < -0.3 is 19.7 Å². The molecule has 1 amide bonds. The zero-order valence-electron chi connectivity index (χ0n) is 13.9. The summed E-state index contributed by atoms with van der Waals surface area (Å²) in [6, 6.07) is 5.27. The van der Waals surface area contributed by atoms with Crippen molar-refractivity contribution in [1.82, 2.24) is 15.3 Å². The van der Waals surface area contributed by atoms with E-state index in [2.05, 4.69) is 20.2 Å². The number of amides is 1.